The van der Waals surface area contributed by atoms with Crippen LogP contribution >= 0.6 is 0 Å². The van der Waals surface area contributed by atoms with Crippen molar-refractivity contribution in [1.82, 2.24) is 4.90 Å². The number of carbonyl (C=O) groups excluding carboxylic acids is 1. The van der Waals surface area contributed by atoms with Crippen LogP contribution in [0.5, 0.6) is 0 Å². The summed E-state index contributed by atoms with van der Waals surface area (Å²) in [6, 6.07) is -0.505. The predicted molar refractivity (Wildman–Crippen MR) is 58.9 cm³/mol. The lowest BCUT2D eigenvalue weighted by Crippen LogP contribution is -2.42. The summed E-state index contributed by atoms with van der Waals surface area (Å²) in [6.07, 6.45) is 3.39. The molecule has 0 fully saturated rings. The molecule has 4 heteroatoms. The molecule has 1 atom stereocenters. The van der Waals surface area contributed by atoms with Crippen molar-refractivity contribution in [3.8, 4) is 0 Å². The Morgan fingerprint density at radius 1 is 1.33 bits per heavy atom. The van der Waals surface area contributed by atoms with E-state index >= 15 is 0 Å². The maximum atomic E-state index is 11.0. The number of carboxylic acids is 1. The summed E-state index contributed by atoms with van der Waals surface area (Å²) in [6.45, 7) is 5.62. The molecule has 0 rings (SSSR count). The van der Waals surface area contributed by atoms with Gasteiger partial charge in [0.05, 0.1) is 0 Å². The van der Waals surface area contributed by atoms with Gasteiger partial charge in [0.1, 0.15) is 12.3 Å². The molecule has 1 unspecified atom stereocenters. The molecular formula is C11H21NO3. The maximum Gasteiger partial charge on any atom is 0.320 e. The fraction of sp³-hybridized carbons (Fsp3) is 0.818. The molecule has 0 spiro atoms. The predicted octanol–water partition coefficient (Wildman–Crippen LogP) is 1.54. The maximum absolute atomic E-state index is 11.0. The number of carbonyl (C=O) groups is 2. The van der Waals surface area contributed by atoms with Gasteiger partial charge in [-0.25, -0.2) is 0 Å². The minimum Gasteiger partial charge on any atom is -0.480 e. The van der Waals surface area contributed by atoms with E-state index in [0.717, 1.165) is 32.2 Å². The highest BCUT2D eigenvalue weighted by Crippen LogP contribution is 2.08. The monoisotopic (exact) mass is 215 g/mol. The second-order valence-corrected chi connectivity index (χ2v) is 3.63. The molecule has 88 valence electrons. The van der Waals surface area contributed by atoms with Crippen molar-refractivity contribution in [3.05, 3.63) is 0 Å². The Morgan fingerprint density at radius 3 is 2.20 bits per heavy atom. The molecule has 0 aromatic heterocycles. The summed E-state index contributed by atoms with van der Waals surface area (Å²) < 4.78 is 0. The van der Waals surface area contributed by atoms with Crippen LogP contribution in [-0.4, -0.2) is 41.4 Å². The van der Waals surface area contributed by atoms with Crippen molar-refractivity contribution < 1.29 is 14.7 Å². The average molecular weight is 215 g/mol. The molecule has 0 amide bonds. The van der Waals surface area contributed by atoms with Crippen LogP contribution in [0.2, 0.25) is 0 Å². The van der Waals surface area contributed by atoms with Gasteiger partial charge in [-0.2, -0.15) is 0 Å². The lowest BCUT2D eigenvalue weighted by atomic mass is 10.1. The second-order valence-electron chi connectivity index (χ2n) is 3.63. The fourth-order valence-electron chi connectivity index (χ4n) is 1.69. The van der Waals surface area contributed by atoms with Gasteiger partial charge in [-0.15, -0.1) is 0 Å². The van der Waals surface area contributed by atoms with E-state index in [9.17, 15) is 9.59 Å². The van der Waals surface area contributed by atoms with Crippen molar-refractivity contribution >= 4 is 12.3 Å². The molecule has 0 aliphatic heterocycles. The molecular weight excluding hydrogens is 194 g/mol. The third-order valence-electron chi connectivity index (χ3n) is 2.31. The molecule has 0 aromatic carbocycles. The summed E-state index contributed by atoms with van der Waals surface area (Å²) in [4.78, 5) is 23.2. The van der Waals surface area contributed by atoms with Gasteiger partial charge in [0.15, 0.2) is 0 Å². The van der Waals surface area contributed by atoms with Gasteiger partial charge in [-0.1, -0.05) is 13.8 Å². The highest BCUT2D eigenvalue weighted by molar-refractivity contribution is 5.73. The molecule has 0 aliphatic rings. The number of nitrogens with zero attached hydrogens (tertiary/aromatic N) is 1. The molecule has 0 heterocycles. The normalized spacial score (nSPS) is 12.7. The van der Waals surface area contributed by atoms with Gasteiger partial charge >= 0.3 is 5.97 Å². The second kappa shape index (κ2) is 8.41. The third-order valence-corrected chi connectivity index (χ3v) is 2.31. The van der Waals surface area contributed by atoms with Gasteiger partial charge < -0.3 is 9.90 Å². The average Bonchev–Trinajstić information content (AvgIpc) is 2.18. The molecule has 15 heavy (non-hydrogen) atoms. The van der Waals surface area contributed by atoms with Crippen LogP contribution < -0.4 is 0 Å². The van der Waals surface area contributed by atoms with Crippen LogP contribution in [0.1, 0.15) is 39.5 Å². The van der Waals surface area contributed by atoms with Gasteiger partial charge in [0, 0.05) is 6.42 Å². The van der Waals surface area contributed by atoms with E-state index in [4.69, 9.17) is 5.11 Å². The minimum absolute atomic E-state index is 0.320. The largest absolute Gasteiger partial charge is 0.480 e. The van der Waals surface area contributed by atoms with Crippen LogP contribution in [0, 0.1) is 0 Å². The fourth-order valence-corrected chi connectivity index (χ4v) is 1.69. The Hall–Kier alpha value is -0.900. The molecule has 0 aliphatic carbocycles. The van der Waals surface area contributed by atoms with E-state index in [1.807, 2.05) is 18.7 Å². The first-order chi connectivity index (χ1) is 7.17. The van der Waals surface area contributed by atoms with E-state index in [-0.39, 0.29) is 0 Å². The van der Waals surface area contributed by atoms with Gasteiger partial charge in [0.25, 0.3) is 0 Å². The zero-order chi connectivity index (χ0) is 11.7. The van der Waals surface area contributed by atoms with Crippen molar-refractivity contribution in [3.63, 3.8) is 0 Å². The first kappa shape index (κ1) is 14.1. The molecule has 0 bridgehead atoms. The summed E-state index contributed by atoms with van der Waals surface area (Å²) in [5.74, 6) is -0.821. The quantitative estimate of drug-likeness (QED) is 0.593. The lowest BCUT2D eigenvalue weighted by molar-refractivity contribution is -0.143. The molecule has 0 saturated heterocycles. The van der Waals surface area contributed by atoms with Crippen LogP contribution in [-0.2, 0) is 9.59 Å². The van der Waals surface area contributed by atoms with E-state index in [1.165, 1.54) is 0 Å². The van der Waals surface area contributed by atoms with Crippen LogP contribution in [0.4, 0.5) is 0 Å². The van der Waals surface area contributed by atoms with Crippen molar-refractivity contribution in [2.45, 2.75) is 45.6 Å². The first-order valence-electron chi connectivity index (χ1n) is 5.57. The lowest BCUT2D eigenvalue weighted by Gasteiger charge is -2.27. The zero-order valence-corrected chi connectivity index (χ0v) is 9.61. The molecule has 4 nitrogen and oxygen atoms in total. The summed E-state index contributed by atoms with van der Waals surface area (Å²) in [7, 11) is 0. The minimum atomic E-state index is -0.821. The Balaban J connectivity index is 4.36. The summed E-state index contributed by atoms with van der Waals surface area (Å²) in [5, 5.41) is 9.07. The van der Waals surface area contributed by atoms with Crippen LogP contribution in [0.15, 0.2) is 0 Å². The van der Waals surface area contributed by atoms with Crippen molar-refractivity contribution in [2.75, 3.05) is 13.1 Å². The summed E-state index contributed by atoms with van der Waals surface area (Å²) >= 11 is 0. The van der Waals surface area contributed by atoms with Crippen LogP contribution in [0.25, 0.3) is 0 Å². The number of hydrogen-bond acceptors (Lipinski definition) is 3. The molecule has 0 aromatic rings. The first-order valence-corrected chi connectivity index (χ1v) is 5.57. The van der Waals surface area contributed by atoms with E-state index in [0.29, 0.717) is 12.8 Å². The smallest absolute Gasteiger partial charge is 0.320 e. The van der Waals surface area contributed by atoms with Gasteiger partial charge in [-0.05, 0) is 32.4 Å². The number of aliphatic carboxylic acids is 1. The van der Waals surface area contributed by atoms with Gasteiger partial charge in [0.2, 0.25) is 0 Å². The standard InChI is InChI=1S/C11H21NO3/c1-3-7-12(8-4-2)10(11(14)15)6-5-9-13/h9-10H,3-8H2,1-2H3,(H,14,15). The number of hydrogen-bond donors (Lipinski definition) is 1. The number of carboxylic acid groups (broad SMARTS) is 1. The van der Waals surface area contributed by atoms with Crippen molar-refractivity contribution in [2.24, 2.45) is 0 Å². The van der Waals surface area contributed by atoms with Crippen molar-refractivity contribution in [1.29, 1.82) is 0 Å². The van der Waals surface area contributed by atoms with Gasteiger partial charge in [-0.3, -0.25) is 9.69 Å². The zero-order valence-electron chi connectivity index (χ0n) is 9.61. The Morgan fingerprint density at radius 2 is 1.87 bits per heavy atom. The Kier molecular flexibility index (Phi) is 7.91. The van der Waals surface area contributed by atoms with E-state index < -0.39 is 12.0 Å². The molecule has 0 radical (unpaired) electrons. The topological polar surface area (TPSA) is 57.6 Å². The third kappa shape index (κ3) is 5.52. The molecule has 0 saturated carbocycles. The highest BCUT2D eigenvalue weighted by atomic mass is 16.4. The molecule has 1 N–H and O–H groups in total. The number of aldehydes is 1. The van der Waals surface area contributed by atoms with Crippen LogP contribution in [0.3, 0.4) is 0 Å². The number of rotatable bonds is 9. The Labute approximate surface area is 91.3 Å². The Bertz CT molecular complexity index is 188. The van der Waals surface area contributed by atoms with E-state index in [2.05, 4.69) is 0 Å². The summed E-state index contributed by atoms with van der Waals surface area (Å²) in [5.41, 5.74) is 0. The van der Waals surface area contributed by atoms with E-state index in [1.54, 1.807) is 0 Å². The SMILES string of the molecule is CCCN(CCC)C(CCC=O)C(=O)O. The highest BCUT2D eigenvalue weighted by Gasteiger charge is 2.23.